The Balaban J connectivity index is 1.80. The third-order valence-corrected chi connectivity index (χ3v) is 6.08. The van der Waals surface area contributed by atoms with Gasteiger partial charge >= 0.3 is 0 Å². The molecule has 20 heavy (non-hydrogen) atoms. The van der Waals surface area contributed by atoms with Crippen LogP contribution in [0.15, 0.2) is 0 Å². The van der Waals surface area contributed by atoms with Gasteiger partial charge in [0, 0.05) is 19.3 Å². The molecule has 1 spiro atoms. The molecule has 0 radical (unpaired) electrons. The van der Waals surface area contributed by atoms with E-state index in [-0.39, 0.29) is 0 Å². The second-order valence-electron chi connectivity index (χ2n) is 9.36. The van der Waals surface area contributed by atoms with Crippen LogP contribution in [0.4, 0.5) is 0 Å². The van der Waals surface area contributed by atoms with Gasteiger partial charge in [-0.25, -0.2) is 0 Å². The van der Waals surface area contributed by atoms with E-state index in [0.717, 1.165) is 15.8 Å². The standard InChI is InChI=1S/C18H38N2/c1-17-8-6-9-18(16-17)10-14-20(5,15-11-18)13-7-12-19(2,3)4/h17H,6-16H2,1-5H3/q+2/t17-,18?,20?/m1/s1. The maximum atomic E-state index is 2.51. The van der Waals surface area contributed by atoms with E-state index >= 15 is 0 Å². The minimum atomic E-state index is 0.746. The molecule has 1 saturated carbocycles. The van der Waals surface area contributed by atoms with Crippen LogP contribution in [-0.4, -0.2) is 63.3 Å². The molecule has 0 aromatic carbocycles. The van der Waals surface area contributed by atoms with Crippen molar-refractivity contribution in [3.05, 3.63) is 0 Å². The summed E-state index contributed by atoms with van der Waals surface area (Å²) in [6, 6.07) is 0. The first-order chi connectivity index (χ1) is 9.22. The SMILES string of the molecule is C[C@@H]1CCCC2(CC[N+](C)(CCC[N+](C)(C)C)CC2)C1. The second kappa shape index (κ2) is 5.96. The molecule has 1 aliphatic carbocycles. The Morgan fingerprint density at radius 1 is 1.10 bits per heavy atom. The van der Waals surface area contributed by atoms with Gasteiger partial charge in [-0.1, -0.05) is 19.8 Å². The maximum Gasteiger partial charge on any atom is 0.0838 e. The minimum Gasteiger partial charge on any atom is -0.331 e. The van der Waals surface area contributed by atoms with Crippen molar-refractivity contribution in [2.45, 2.75) is 51.9 Å². The zero-order chi connectivity index (χ0) is 14.9. The number of quaternary nitrogens is 2. The first-order valence-corrected chi connectivity index (χ1v) is 8.86. The van der Waals surface area contributed by atoms with Gasteiger partial charge in [-0.3, -0.25) is 0 Å². The molecule has 1 heterocycles. The Bertz CT molecular complexity index is 308. The highest BCUT2D eigenvalue weighted by molar-refractivity contribution is 4.87. The lowest BCUT2D eigenvalue weighted by atomic mass is 9.65. The lowest BCUT2D eigenvalue weighted by Crippen LogP contribution is -2.54. The fourth-order valence-electron chi connectivity index (χ4n) is 4.62. The molecule has 0 amide bonds. The summed E-state index contributed by atoms with van der Waals surface area (Å²) in [7, 11) is 9.45. The first-order valence-electron chi connectivity index (χ1n) is 8.86. The molecule has 1 aliphatic heterocycles. The van der Waals surface area contributed by atoms with E-state index in [2.05, 4.69) is 35.1 Å². The van der Waals surface area contributed by atoms with Gasteiger partial charge in [0.15, 0.2) is 0 Å². The molecule has 0 unspecified atom stereocenters. The Hall–Kier alpha value is -0.0800. The van der Waals surface area contributed by atoms with Crippen molar-refractivity contribution < 1.29 is 8.97 Å². The molecule has 1 atom stereocenters. The van der Waals surface area contributed by atoms with Crippen LogP contribution < -0.4 is 0 Å². The van der Waals surface area contributed by atoms with Crippen LogP contribution in [0.25, 0.3) is 0 Å². The van der Waals surface area contributed by atoms with Crippen LogP contribution in [0.5, 0.6) is 0 Å². The maximum absolute atomic E-state index is 2.51. The Labute approximate surface area is 127 Å². The molecule has 2 fully saturated rings. The average molecular weight is 283 g/mol. The lowest BCUT2D eigenvalue weighted by Gasteiger charge is -2.49. The van der Waals surface area contributed by atoms with Gasteiger partial charge in [0.2, 0.25) is 0 Å². The minimum absolute atomic E-state index is 0.746. The highest BCUT2D eigenvalue weighted by Crippen LogP contribution is 2.47. The summed E-state index contributed by atoms with van der Waals surface area (Å²) in [5.74, 6) is 0.985. The van der Waals surface area contributed by atoms with Gasteiger partial charge < -0.3 is 8.97 Å². The second-order valence-corrected chi connectivity index (χ2v) is 9.36. The summed E-state index contributed by atoms with van der Waals surface area (Å²) in [4.78, 5) is 0. The normalized spacial score (nSPS) is 39.1. The van der Waals surface area contributed by atoms with Gasteiger partial charge in [-0.2, -0.15) is 0 Å². The van der Waals surface area contributed by atoms with Crippen molar-refractivity contribution in [1.82, 2.24) is 0 Å². The third kappa shape index (κ3) is 4.46. The van der Waals surface area contributed by atoms with Crippen molar-refractivity contribution in [2.75, 3.05) is 54.4 Å². The summed E-state index contributed by atoms with van der Waals surface area (Å²) in [6.07, 6.45) is 10.4. The monoisotopic (exact) mass is 282 g/mol. The van der Waals surface area contributed by atoms with E-state index in [4.69, 9.17) is 0 Å². The predicted molar refractivity (Wildman–Crippen MR) is 87.6 cm³/mol. The van der Waals surface area contributed by atoms with Gasteiger partial charge in [-0.15, -0.1) is 0 Å². The summed E-state index contributed by atoms with van der Waals surface area (Å²) in [5.41, 5.74) is 0.746. The largest absolute Gasteiger partial charge is 0.331 e. The number of hydrogen-bond donors (Lipinski definition) is 0. The molecule has 118 valence electrons. The van der Waals surface area contributed by atoms with E-state index in [9.17, 15) is 0 Å². The van der Waals surface area contributed by atoms with E-state index < -0.39 is 0 Å². The highest BCUT2D eigenvalue weighted by atomic mass is 15.3. The van der Waals surface area contributed by atoms with E-state index in [1.54, 1.807) is 0 Å². The zero-order valence-corrected chi connectivity index (χ0v) is 14.7. The molecule has 1 saturated heterocycles. The van der Waals surface area contributed by atoms with Crippen molar-refractivity contribution in [3.63, 3.8) is 0 Å². The van der Waals surface area contributed by atoms with Crippen LogP contribution in [0.2, 0.25) is 0 Å². The number of likely N-dealkylation sites (tertiary alicyclic amines) is 1. The van der Waals surface area contributed by atoms with Gasteiger partial charge in [0.05, 0.1) is 54.4 Å². The Morgan fingerprint density at radius 2 is 1.75 bits per heavy atom. The number of rotatable bonds is 4. The van der Waals surface area contributed by atoms with Gasteiger partial charge in [0.1, 0.15) is 0 Å². The van der Waals surface area contributed by atoms with Crippen LogP contribution in [-0.2, 0) is 0 Å². The average Bonchev–Trinajstić information content (AvgIpc) is 2.32. The van der Waals surface area contributed by atoms with Crippen LogP contribution in [0.1, 0.15) is 51.9 Å². The third-order valence-electron chi connectivity index (χ3n) is 6.08. The fourth-order valence-corrected chi connectivity index (χ4v) is 4.62. The van der Waals surface area contributed by atoms with Gasteiger partial charge in [0.25, 0.3) is 0 Å². The van der Waals surface area contributed by atoms with Crippen molar-refractivity contribution in [3.8, 4) is 0 Å². The topological polar surface area (TPSA) is 0 Å². The van der Waals surface area contributed by atoms with Crippen LogP contribution in [0, 0.1) is 11.3 Å². The number of piperidine rings is 1. The predicted octanol–water partition coefficient (Wildman–Crippen LogP) is 3.52. The number of hydrogen-bond acceptors (Lipinski definition) is 0. The summed E-state index contributed by atoms with van der Waals surface area (Å²) < 4.78 is 2.46. The highest BCUT2D eigenvalue weighted by Gasteiger charge is 2.42. The quantitative estimate of drug-likeness (QED) is 0.692. The van der Waals surface area contributed by atoms with Crippen molar-refractivity contribution in [1.29, 1.82) is 0 Å². The Kier molecular flexibility index (Phi) is 4.86. The fraction of sp³-hybridized carbons (Fsp3) is 1.00. The Morgan fingerprint density at radius 3 is 2.30 bits per heavy atom. The molecule has 0 bridgehead atoms. The molecular formula is C18H38N2+2. The summed E-state index contributed by atoms with van der Waals surface area (Å²) in [6.45, 7) is 8.05. The summed E-state index contributed by atoms with van der Waals surface area (Å²) >= 11 is 0. The molecule has 2 aliphatic rings. The summed E-state index contributed by atoms with van der Waals surface area (Å²) in [5, 5.41) is 0. The van der Waals surface area contributed by atoms with Crippen LogP contribution in [0.3, 0.4) is 0 Å². The van der Waals surface area contributed by atoms with E-state index in [1.165, 1.54) is 75.6 Å². The van der Waals surface area contributed by atoms with Crippen molar-refractivity contribution in [2.24, 2.45) is 11.3 Å². The van der Waals surface area contributed by atoms with E-state index in [0.29, 0.717) is 0 Å². The van der Waals surface area contributed by atoms with Crippen LogP contribution >= 0.6 is 0 Å². The molecule has 0 aromatic heterocycles. The van der Waals surface area contributed by atoms with E-state index in [1.807, 2.05) is 0 Å². The molecule has 2 rings (SSSR count). The molecule has 2 heteroatoms. The molecule has 0 aromatic rings. The molecule has 0 N–H and O–H groups in total. The smallest absolute Gasteiger partial charge is 0.0838 e. The van der Waals surface area contributed by atoms with Gasteiger partial charge in [-0.05, 0) is 24.2 Å². The number of nitrogens with zero attached hydrogens (tertiary/aromatic N) is 2. The molecular weight excluding hydrogens is 244 g/mol. The zero-order valence-electron chi connectivity index (χ0n) is 14.7. The van der Waals surface area contributed by atoms with Crippen molar-refractivity contribution >= 4 is 0 Å². The lowest BCUT2D eigenvalue weighted by molar-refractivity contribution is -0.923. The molecule has 2 nitrogen and oxygen atoms in total. The first kappa shape index (κ1) is 16.3.